The molecular weight excluding hydrogens is 1560 g/mol. The number of amides is 4. The summed E-state index contributed by atoms with van der Waals surface area (Å²) in [6, 6.07) is 14.4. The van der Waals surface area contributed by atoms with Crippen molar-refractivity contribution in [3.8, 4) is 33.8 Å². The van der Waals surface area contributed by atoms with Gasteiger partial charge in [-0.05, 0) is 121 Å². The SMILES string of the molecule is CC(C)(C)OC(=O)N1CCN(c2cncc(Cl)n2)CC1.CC(C)NC(=O)CCl.[C-]#[N+]c1ccc(-c2cncc(N3CCN(C(=O)OC(C)(C)C)CC3)n2)cn1.[C-]#[N+]c1ccc(-c2cncc(N3CCN(CC(=O)NC(C)C)CC3)n2)cn1.[C-]#[N+]c1ccc(-c2cncc(N3CCNCC3)n2)cn1.[C-]#[N+]c1ccc(B2OC(C)(C)C(C)(C)O2)cn1. The Labute approximate surface area is 706 Å². The van der Waals surface area contributed by atoms with E-state index in [2.05, 4.69) is 115 Å². The molecule has 5 aliphatic rings. The van der Waals surface area contributed by atoms with Gasteiger partial charge in [-0.2, -0.15) is 0 Å². The lowest BCUT2D eigenvalue weighted by Crippen LogP contribution is -2.50. The fraction of sp³-hybridized carbons (Fsp3) is 0.463. The number of anilines is 4. The molecule has 37 heteroatoms. The second-order valence-electron chi connectivity index (χ2n) is 31.2. The van der Waals surface area contributed by atoms with E-state index in [9.17, 15) is 19.2 Å². The minimum atomic E-state index is -0.495. The Morgan fingerprint density at radius 3 is 1.12 bits per heavy atom. The number of aromatic nitrogens is 12. The second-order valence-corrected chi connectivity index (χ2v) is 31.8. The quantitative estimate of drug-likeness (QED) is 0.0548. The molecule has 0 atom stereocenters. The minimum Gasteiger partial charge on any atom is -0.444 e. The zero-order chi connectivity index (χ0) is 86.5. The number of hydrogen-bond acceptors (Lipinski definition) is 26. The molecule has 0 radical (unpaired) electrons. The molecule has 13 rings (SSSR count). The summed E-state index contributed by atoms with van der Waals surface area (Å²) >= 11 is 11.0. The van der Waals surface area contributed by atoms with Crippen LogP contribution in [0.25, 0.3) is 53.2 Å². The molecule has 4 amide bonds. The molecule has 119 heavy (non-hydrogen) atoms. The highest BCUT2D eigenvalue weighted by molar-refractivity contribution is 6.62. The molecule has 0 aliphatic carbocycles. The number of halogens is 2. The third-order valence-electron chi connectivity index (χ3n) is 18.4. The molecule has 13 heterocycles. The summed E-state index contributed by atoms with van der Waals surface area (Å²) in [7, 11) is -0.410. The maximum absolute atomic E-state index is 12.2. The molecule has 5 fully saturated rings. The van der Waals surface area contributed by atoms with Crippen molar-refractivity contribution in [2.75, 3.05) is 137 Å². The molecule has 3 N–H and O–H groups in total. The van der Waals surface area contributed by atoms with E-state index in [1.54, 1.807) is 102 Å². The van der Waals surface area contributed by atoms with Gasteiger partial charge in [-0.25, -0.2) is 29.5 Å². The van der Waals surface area contributed by atoms with Gasteiger partial charge >= 0.3 is 19.3 Å². The summed E-state index contributed by atoms with van der Waals surface area (Å²) in [5.41, 5.74) is 3.92. The molecule has 0 unspecified atom stereocenters. The minimum absolute atomic E-state index is 0.0537. The van der Waals surface area contributed by atoms with Crippen LogP contribution in [0.1, 0.15) is 96.9 Å². The first-order chi connectivity index (χ1) is 56.6. The Bertz CT molecular complexity index is 4780. The number of pyridine rings is 4. The van der Waals surface area contributed by atoms with Crippen molar-refractivity contribution in [3.63, 3.8) is 0 Å². The van der Waals surface area contributed by atoms with Gasteiger partial charge in [-0.3, -0.25) is 34.4 Å². The van der Waals surface area contributed by atoms with Gasteiger partial charge in [0.25, 0.3) is 23.3 Å². The number of carbonyl (C=O) groups excluding carboxylic acids is 4. The highest BCUT2D eigenvalue weighted by Crippen LogP contribution is 2.37. The van der Waals surface area contributed by atoms with Crippen LogP contribution in [-0.4, -0.2) is 257 Å². The summed E-state index contributed by atoms with van der Waals surface area (Å²) in [4.78, 5) is 125. The van der Waals surface area contributed by atoms with E-state index in [4.69, 9.17) is 73.3 Å². The summed E-state index contributed by atoms with van der Waals surface area (Å²) in [6.45, 7) is 67.1. The third-order valence-corrected chi connectivity index (χ3v) is 18.8. The smallest absolute Gasteiger partial charge is 0.444 e. The van der Waals surface area contributed by atoms with E-state index >= 15 is 0 Å². The molecule has 0 saturated carbocycles. The van der Waals surface area contributed by atoms with Crippen LogP contribution in [0.5, 0.6) is 0 Å². The Balaban J connectivity index is 0.000000183. The molecule has 626 valence electrons. The van der Waals surface area contributed by atoms with E-state index < -0.39 is 18.3 Å². The number of nitrogens with zero attached hydrogens (tertiary/aromatic N) is 23. The van der Waals surface area contributed by atoms with Crippen molar-refractivity contribution in [3.05, 3.63) is 174 Å². The van der Waals surface area contributed by atoms with Crippen LogP contribution in [0, 0.1) is 26.3 Å². The van der Waals surface area contributed by atoms with Crippen LogP contribution in [0.4, 0.5) is 56.1 Å². The van der Waals surface area contributed by atoms with Crippen LogP contribution in [-0.2, 0) is 28.4 Å². The van der Waals surface area contributed by atoms with E-state index in [0.717, 1.165) is 109 Å². The van der Waals surface area contributed by atoms with Gasteiger partial charge in [0.1, 0.15) is 70.3 Å². The van der Waals surface area contributed by atoms with Crippen molar-refractivity contribution in [2.24, 2.45) is 0 Å². The Hall–Kier alpha value is -12.0. The lowest BCUT2D eigenvalue weighted by molar-refractivity contribution is -0.123. The van der Waals surface area contributed by atoms with E-state index in [1.807, 2.05) is 121 Å². The van der Waals surface area contributed by atoms with Gasteiger partial charge in [0.2, 0.25) is 11.8 Å². The lowest BCUT2D eigenvalue weighted by Gasteiger charge is -2.36. The average molecular weight is 1660 g/mol. The normalized spacial score (nSPS) is 15.6. The van der Waals surface area contributed by atoms with Crippen molar-refractivity contribution in [1.82, 2.24) is 90.5 Å². The molecule has 8 aromatic rings. The first-order valence-corrected chi connectivity index (χ1v) is 39.7. The molecule has 0 bridgehead atoms. The van der Waals surface area contributed by atoms with Crippen LogP contribution in [0.3, 0.4) is 0 Å². The first kappa shape index (κ1) is 92.6. The van der Waals surface area contributed by atoms with Gasteiger partial charge < -0.3 is 83.5 Å². The van der Waals surface area contributed by atoms with Gasteiger partial charge in [-0.15, -0.1) is 31.5 Å². The molecule has 0 spiro atoms. The average Bonchev–Trinajstić information content (AvgIpc) is 1.63. The summed E-state index contributed by atoms with van der Waals surface area (Å²) in [6.07, 6.45) is 19.6. The van der Waals surface area contributed by atoms with Crippen molar-refractivity contribution in [2.45, 2.75) is 131 Å². The number of ether oxygens (including phenoxy) is 2. The largest absolute Gasteiger partial charge is 0.498 e. The van der Waals surface area contributed by atoms with Gasteiger partial charge in [0.05, 0.1) is 84.4 Å². The number of alkyl halides is 1. The highest BCUT2D eigenvalue weighted by atomic mass is 35.5. The van der Waals surface area contributed by atoms with Crippen LogP contribution < -0.4 is 41.0 Å². The fourth-order valence-corrected chi connectivity index (χ4v) is 11.9. The number of nitrogens with one attached hydrogen (secondary N) is 3. The predicted octanol–water partition coefficient (Wildman–Crippen LogP) is 11.2. The maximum atomic E-state index is 12.2. The Morgan fingerprint density at radius 1 is 0.471 bits per heavy atom. The van der Waals surface area contributed by atoms with Crippen LogP contribution in [0.15, 0.2) is 123 Å². The highest BCUT2D eigenvalue weighted by Gasteiger charge is 2.52. The van der Waals surface area contributed by atoms with Crippen LogP contribution >= 0.6 is 23.2 Å². The van der Waals surface area contributed by atoms with E-state index in [0.29, 0.717) is 93.0 Å². The zero-order valence-electron chi connectivity index (χ0n) is 69.8. The standard InChI is InChI=1S/C19H23N7O.C19H22N6O2.C14H14N6.C13H19ClN4O2.C12H15BN2O2.C5H10ClNO/c1-14(2)23-19(27)13-25-6-8-26(9-7-25)18-12-21-11-16(24-18)15-4-5-17(20-3)22-10-15;1-19(2,3)27-18(26)25-9-7-24(8-10-25)17-13-21-12-15(23-17)14-5-6-16(20-4)22-11-14;1-15-13-3-2-11(8-18-13)12-9-17-10-14(19-12)20-6-4-16-5-7-20;1-13(2,3)20-12(19)18-6-4-17(5-7-18)11-9-15-8-10(14)16-11;1-11(2)12(3,4)17-13(16-11)9-6-7-10(14-5)15-8-9;1-4(2)7-5(8)3-6/h4-5,10-12,14H,6-9,13H2,1-2H3,(H,23,27);5-6,11-13H,7-10H2,1-3H3;2-3,8-10,16H,4-7H2;8-9H,4-7H2,1-3H3;6-8H,1-4H3;4H,3H2,1-2H3,(H,7,8). The summed E-state index contributed by atoms with van der Waals surface area (Å²) < 4.78 is 22.6. The lowest BCUT2D eigenvalue weighted by atomic mass is 9.80. The van der Waals surface area contributed by atoms with Gasteiger partial charge in [-0.1, -0.05) is 62.2 Å². The molecule has 8 aromatic heterocycles. The maximum Gasteiger partial charge on any atom is 0.498 e. The van der Waals surface area contributed by atoms with Crippen molar-refractivity contribution < 1.29 is 38.0 Å². The van der Waals surface area contributed by atoms with Crippen LogP contribution in [0.2, 0.25) is 5.15 Å². The molecular formula is C82H103BCl2N26O8. The predicted molar refractivity (Wildman–Crippen MR) is 459 cm³/mol. The molecule has 0 aromatic carbocycles. The van der Waals surface area contributed by atoms with Gasteiger partial charge in [0.15, 0.2) is 0 Å². The molecule has 5 saturated heterocycles. The number of piperazine rings is 4. The number of carbonyl (C=O) groups is 4. The molecule has 5 aliphatic heterocycles. The monoisotopic (exact) mass is 1660 g/mol. The second kappa shape index (κ2) is 44.0. The topological polar surface area (TPSA) is 336 Å². The van der Waals surface area contributed by atoms with Crippen molar-refractivity contribution >= 4 is 106 Å². The molecule has 34 nitrogen and oxygen atoms in total. The first-order valence-electron chi connectivity index (χ1n) is 38.8. The van der Waals surface area contributed by atoms with Crippen molar-refractivity contribution in [1.29, 1.82) is 0 Å². The fourth-order valence-electron chi connectivity index (χ4n) is 11.7. The number of rotatable bonds is 13. The van der Waals surface area contributed by atoms with E-state index in [-0.39, 0.29) is 53.2 Å². The Kier molecular flexibility index (Phi) is 34.2. The Morgan fingerprint density at radius 2 is 0.807 bits per heavy atom. The van der Waals surface area contributed by atoms with Gasteiger partial charge in [0, 0.05) is 139 Å². The summed E-state index contributed by atoms with van der Waals surface area (Å²) in [5.74, 6) is 4.68. The third kappa shape index (κ3) is 29.6. The van der Waals surface area contributed by atoms with E-state index in [1.165, 1.54) is 6.20 Å². The summed E-state index contributed by atoms with van der Waals surface area (Å²) in [5, 5.41) is 9.24. The number of hydrogen-bond donors (Lipinski definition) is 3. The zero-order valence-corrected chi connectivity index (χ0v) is 71.3.